The van der Waals surface area contributed by atoms with Crippen molar-refractivity contribution >= 4 is 28.6 Å². The third kappa shape index (κ3) is 4.20. The molecule has 4 aromatic rings. The lowest BCUT2D eigenvalue weighted by molar-refractivity contribution is -0.131. The monoisotopic (exact) mass is 449 g/mol. The van der Waals surface area contributed by atoms with Crippen LogP contribution in [0.3, 0.4) is 0 Å². The first kappa shape index (κ1) is 20.2. The molecule has 0 aliphatic carbocycles. The fourth-order valence-corrected chi connectivity index (χ4v) is 5.76. The van der Waals surface area contributed by atoms with E-state index in [1.807, 2.05) is 53.6 Å². The number of aromatic nitrogens is 2. The van der Waals surface area contributed by atoms with Crippen molar-refractivity contribution in [2.75, 3.05) is 13.1 Å². The van der Waals surface area contributed by atoms with E-state index in [2.05, 4.69) is 15.9 Å². The van der Waals surface area contributed by atoms with E-state index in [1.165, 1.54) is 0 Å². The number of likely N-dealkylation sites (tertiary alicyclic amines) is 1. The molecule has 0 atom stereocenters. The van der Waals surface area contributed by atoms with Crippen LogP contribution in [0.4, 0.5) is 0 Å². The molecule has 0 radical (unpaired) electrons. The fraction of sp³-hybridized carbons (Fsp3) is 0.292. The Morgan fingerprint density at radius 2 is 1.97 bits per heavy atom. The second-order valence-corrected chi connectivity index (χ2v) is 9.53. The van der Waals surface area contributed by atoms with Gasteiger partial charge in [0.25, 0.3) is 0 Å². The Bertz CT molecular complexity index is 1160. The number of aryl methyl sites for hydroxylation is 1. The minimum absolute atomic E-state index is 0.226. The highest BCUT2D eigenvalue weighted by molar-refractivity contribution is 7.10. The van der Waals surface area contributed by atoms with Crippen LogP contribution in [0, 0.1) is 6.92 Å². The van der Waals surface area contributed by atoms with Gasteiger partial charge in [0.05, 0.1) is 22.7 Å². The number of carbonyl (C=O) groups is 1. The van der Waals surface area contributed by atoms with Crippen LogP contribution in [-0.2, 0) is 11.2 Å². The molecular weight excluding hydrogens is 426 g/mol. The third-order valence-electron chi connectivity index (χ3n) is 5.82. The van der Waals surface area contributed by atoms with Gasteiger partial charge in [0.15, 0.2) is 0 Å². The highest BCUT2D eigenvalue weighted by Crippen LogP contribution is 2.38. The Balaban J connectivity index is 1.28. The number of nitrogens with zero attached hydrogens (tertiary/aromatic N) is 3. The fourth-order valence-electron chi connectivity index (χ4n) is 4.11. The smallest absolute Gasteiger partial charge is 0.227 e. The maximum atomic E-state index is 12.6. The van der Waals surface area contributed by atoms with Gasteiger partial charge in [0.2, 0.25) is 5.91 Å². The Morgan fingerprint density at radius 1 is 1.16 bits per heavy atom. The van der Waals surface area contributed by atoms with Crippen molar-refractivity contribution in [2.45, 2.75) is 32.1 Å². The number of hydrogen-bond donors (Lipinski definition) is 0. The first-order chi connectivity index (χ1) is 15.2. The van der Waals surface area contributed by atoms with Crippen LogP contribution in [0.5, 0.6) is 0 Å². The van der Waals surface area contributed by atoms with Crippen molar-refractivity contribution in [3.05, 3.63) is 68.9 Å². The van der Waals surface area contributed by atoms with E-state index >= 15 is 0 Å². The lowest BCUT2D eigenvalue weighted by Gasteiger charge is -2.31. The van der Waals surface area contributed by atoms with Gasteiger partial charge in [0.1, 0.15) is 11.5 Å². The van der Waals surface area contributed by atoms with Gasteiger partial charge in [-0.15, -0.1) is 11.3 Å². The molecule has 0 bridgehead atoms. The van der Waals surface area contributed by atoms with E-state index in [9.17, 15) is 4.79 Å². The van der Waals surface area contributed by atoms with Gasteiger partial charge in [-0.1, -0.05) is 35.5 Å². The molecule has 5 nitrogen and oxygen atoms in total. The van der Waals surface area contributed by atoms with Gasteiger partial charge in [-0.25, -0.2) is 4.98 Å². The molecular formula is C24H23N3O2S2. The first-order valence-electron chi connectivity index (χ1n) is 10.5. The van der Waals surface area contributed by atoms with Crippen LogP contribution in [-0.4, -0.2) is 34.0 Å². The summed E-state index contributed by atoms with van der Waals surface area (Å²) in [5.41, 5.74) is 4.87. The molecule has 1 aliphatic heterocycles. The number of rotatable bonds is 5. The van der Waals surface area contributed by atoms with Crippen LogP contribution in [0.15, 0.2) is 57.1 Å². The van der Waals surface area contributed by atoms with Crippen LogP contribution in [0.25, 0.3) is 22.5 Å². The summed E-state index contributed by atoms with van der Waals surface area (Å²) in [7, 11) is 0. The lowest BCUT2D eigenvalue weighted by Crippen LogP contribution is -2.38. The number of thiophene rings is 1. The van der Waals surface area contributed by atoms with Crippen molar-refractivity contribution in [1.82, 2.24) is 15.0 Å². The average molecular weight is 450 g/mol. The number of benzene rings is 1. The summed E-state index contributed by atoms with van der Waals surface area (Å²) in [4.78, 5) is 19.5. The minimum atomic E-state index is 0.226. The molecule has 5 rings (SSSR count). The van der Waals surface area contributed by atoms with Gasteiger partial charge in [-0.2, -0.15) is 11.3 Å². The first-order valence-corrected chi connectivity index (χ1v) is 12.3. The van der Waals surface area contributed by atoms with Crippen molar-refractivity contribution in [3.8, 4) is 22.5 Å². The molecule has 0 N–H and O–H groups in total. The van der Waals surface area contributed by atoms with Crippen LogP contribution >= 0.6 is 22.7 Å². The summed E-state index contributed by atoms with van der Waals surface area (Å²) in [6.07, 6.45) is 2.41. The van der Waals surface area contributed by atoms with E-state index in [1.54, 1.807) is 22.7 Å². The SMILES string of the molecule is Cc1onc(-c2ccccc2)c1-c1csc(C2CCN(C(=O)Cc3ccsc3)CC2)n1. The number of amides is 1. The molecule has 7 heteroatoms. The predicted molar refractivity (Wildman–Crippen MR) is 124 cm³/mol. The van der Waals surface area contributed by atoms with Gasteiger partial charge in [-0.3, -0.25) is 4.79 Å². The molecule has 0 unspecified atom stereocenters. The van der Waals surface area contributed by atoms with Gasteiger partial charge in [0, 0.05) is 30.0 Å². The summed E-state index contributed by atoms with van der Waals surface area (Å²) < 4.78 is 5.51. The average Bonchev–Trinajstić information content (AvgIpc) is 3.55. The molecule has 158 valence electrons. The molecule has 31 heavy (non-hydrogen) atoms. The largest absolute Gasteiger partial charge is 0.360 e. The Labute approximate surface area is 189 Å². The number of piperidine rings is 1. The predicted octanol–water partition coefficient (Wildman–Crippen LogP) is 5.78. The highest BCUT2D eigenvalue weighted by Gasteiger charge is 2.27. The van der Waals surface area contributed by atoms with Crippen molar-refractivity contribution in [3.63, 3.8) is 0 Å². The zero-order chi connectivity index (χ0) is 21.2. The minimum Gasteiger partial charge on any atom is -0.360 e. The zero-order valence-electron chi connectivity index (χ0n) is 17.3. The third-order valence-corrected chi connectivity index (χ3v) is 7.56. The molecule has 0 saturated carbocycles. The van der Waals surface area contributed by atoms with Gasteiger partial charge in [-0.05, 0) is 42.2 Å². The van der Waals surface area contributed by atoms with Crippen molar-refractivity contribution < 1.29 is 9.32 Å². The Morgan fingerprint density at radius 3 is 2.71 bits per heavy atom. The second-order valence-electron chi connectivity index (χ2n) is 7.86. The number of thiazole rings is 1. The quantitative estimate of drug-likeness (QED) is 0.387. The Hall–Kier alpha value is -2.77. The molecule has 1 amide bonds. The van der Waals surface area contributed by atoms with E-state index < -0.39 is 0 Å². The van der Waals surface area contributed by atoms with Crippen LogP contribution < -0.4 is 0 Å². The van der Waals surface area contributed by atoms with Crippen LogP contribution in [0.2, 0.25) is 0 Å². The second kappa shape index (κ2) is 8.77. The molecule has 3 aromatic heterocycles. The maximum absolute atomic E-state index is 12.6. The summed E-state index contributed by atoms with van der Waals surface area (Å²) in [5, 5.41) is 11.6. The molecule has 0 spiro atoms. The van der Waals surface area contributed by atoms with Crippen molar-refractivity contribution in [2.24, 2.45) is 0 Å². The lowest BCUT2D eigenvalue weighted by atomic mass is 9.97. The van der Waals surface area contributed by atoms with Crippen LogP contribution in [0.1, 0.15) is 35.1 Å². The molecule has 1 aromatic carbocycles. The van der Waals surface area contributed by atoms with Crippen molar-refractivity contribution in [1.29, 1.82) is 0 Å². The van der Waals surface area contributed by atoms with Gasteiger partial charge >= 0.3 is 0 Å². The zero-order valence-corrected chi connectivity index (χ0v) is 18.9. The van der Waals surface area contributed by atoms with E-state index in [4.69, 9.17) is 9.51 Å². The topological polar surface area (TPSA) is 59.2 Å². The molecule has 1 saturated heterocycles. The molecule has 1 fully saturated rings. The molecule has 4 heterocycles. The summed E-state index contributed by atoms with van der Waals surface area (Å²) >= 11 is 3.34. The molecule has 1 aliphatic rings. The summed E-state index contributed by atoms with van der Waals surface area (Å²) in [6, 6.07) is 12.1. The maximum Gasteiger partial charge on any atom is 0.227 e. The summed E-state index contributed by atoms with van der Waals surface area (Å²) in [5.74, 6) is 1.40. The summed E-state index contributed by atoms with van der Waals surface area (Å²) in [6.45, 7) is 3.53. The normalized spacial score (nSPS) is 14.8. The van der Waals surface area contributed by atoms with Gasteiger partial charge < -0.3 is 9.42 Å². The van der Waals surface area contributed by atoms with E-state index in [0.717, 1.165) is 64.8 Å². The Kier molecular flexibility index (Phi) is 5.70. The number of carbonyl (C=O) groups excluding carboxylic acids is 1. The van der Waals surface area contributed by atoms with E-state index in [0.29, 0.717) is 12.3 Å². The van der Waals surface area contributed by atoms with E-state index in [-0.39, 0.29) is 5.91 Å². The standard InChI is InChI=1S/C24H23N3O2S2/c1-16-22(23(26-29-16)18-5-3-2-4-6-18)20-15-31-24(25-20)19-7-10-27(11-8-19)21(28)13-17-9-12-30-14-17/h2-6,9,12,14-15,19H,7-8,10-11,13H2,1H3. The highest BCUT2D eigenvalue weighted by atomic mass is 32.1. The number of hydrogen-bond acceptors (Lipinski definition) is 6.